The molecule has 1 aliphatic rings. The van der Waals surface area contributed by atoms with Crippen molar-refractivity contribution in [2.75, 3.05) is 18.9 Å². The van der Waals surface area contributed by atoms with Crippen molar-refractivity contribution in [3.05, 3.63) is 23.8 Å². The average Bonchev–Trinajstić information content (AvgIpc) is 2.33. The fraction of sp³-hybridized carbons (Fsp3) is 0.500. The number of anilines is 1. The molecule has 5 nitrogen and oxygen atoms in total. The molecule has 1 saturated heterocycles. The summed E-state index contributed by atoms with van der Waals surface area (Å²) in [6.45, 7) is 2.98. The Bertz CT molecular complexity index is 522. The van der Waals surface area contributed by atoms with E-state index in [4.69, 9.17) is 10.5 Å². The van der Waals surface area contributed by atoms with Crippen LogP contribution in [0.3, 0.4) is 0 Å². The summed E-state index contributed by atoms with van der Waals surface area (Å²) < 4.78 is 32.2. The zero-order chi connectivity index (χ0) is 13.2. The lowest BCUT2D eigenvalue weighted by Crippen LogP contribution is -2.40. The molecule has 1 unspecified atom stereocenters. The predicted molar refractivity (Wildman–Crippen MR) is 69.8 cm³/mol. The number of benzene rings is 1. The maximum Gasteiger partial charge on any atom is 0.240 e. The summed E-state index contributed by atoms with van der Waals surface area (Å²) >= 11 is 0. The third kappa shape index (κ3) is 3.01. The van der Waals surface area contributed by atoms with Crippen LogP contribution in [-0.4, -0.2) is 27.7 Å². The Morgan fingerprint density at radius 3 is 2.83 bits per heavy atom. The maximum absolute atomic E-state index is 12.1. The summed E-state index contributed by atoms with van der Waals surface area (Å²) in [4.78, 5) is 0.205. The molecule has 1 atom stereocenters. The first-order chi connectivity index (χ1) is 8.49. The molecule has 0 aliphatic carbocycles. The molecule has 3 N–H and O–H groups in total. The number of aryl methyl sites for hydroxylation is 1. The van der Waals surface area contributed by atoms with E-state index in [9.17, 15) is 8.42 Å². The number of nitrogens with one attached hydrogen (secondary N) is 1. The zero-order valence-corrected chi connectivity index (χ0v) is 11.2. The van der Waals surface area contributed by atoms with Gasteiger partial charge in [-0.2, -0.15) is 0 Å². The van der Waals surface area contributed by atoms with E-state index in [0.29, 0.717) is 18.9 Å². The summed E-state index contributed by atoms with van der Waals surface area (Å²) in [5.74, 6) is 0. The van der Waals surface area contributed by atoms with Gasteiger partial charge in [-0.1, -0.05) is 6.07 Å². The summed E-state index contributed by atoms with van der Waals surface area (Å²) in [7, 11) is -3.51. The third-order valence-electron chi connectivity index (χ3n) is 3.04. The second-order valence-corrected chi connectivity index (χ2v) is 6.27. The maximum atomic E-state index is 12.1. The minimum Gasteiger partial charge on any atom is -0.398 e. The highest BCUT2D eigenvalue weighted by molar-refractivity contribution is 7.89. The van der Waals surface area contributed by atoms with Crippen molar-refractivity contribution >= 4 is 15.7 Å². The Kier molecular flexibility index (Phi) is 3.89. The van der Waals surface area contributed by atoms with Gasteiger partial charge >= 0.3 is 0 Å². The van der Waals surface area contributed by atoms with E-state index in [-0.39, 0.29) is 10.9 Å². The Morgan fingerprint density at radius 1 is 1.44 bits per heavy atom. The van der Waals surface area contributed by atoms with Gasteiger partial charge in [0.25, 0.3) is 0 Å². The first kappa shape index (κ1) is 13.3. The van der Waals surface area contributed by atoms with Gasteiger partial charge in [0.1, 0.15) is 0 Å². The van der Waals surface area contributed by atoms with Gasteiger partial charge in [-0.3, -0.25) is 0 Å². The van der Waals surface area contributed by atoms with Gasteiger partial charge in [-0.15, -0.1) is 0 Å². The highest BCUT2D eigenvalue weighted by Gasteiger charge is 2.22. The van der Waals surface area contributed by atoms with Crippen molar-refractivity contribution in [3.63, 3.8) is 0 Å². The van der Waals surface area contributed by atoms with E-state index >= 15 is 0 Å². The zero-order valence-electron chi connectivity index (χ0n) is 10.3. The van der Waals surface area contributed by atoms with Gasteiger partial charge in [-0.25, -0.2) is 13.1 Å². The molecular weight excluding hydrogens is 252 g/mol. The number of rotatable bonds is 3. The lowest BCUT2D eigenvalue weighted by Gasteiger charge is -2.23. The molecule has 1 aromatic rings. The van der Waals surface area contributed by atoms with Crippen LogP contribution in [0.1, 0.15) is 18.4 Å². The minimum absolute atomic E-state index is 0.147. The molecule has 1 aromatic carbocycles. The molecule has 2 rings (SSSR count). The van der Waals surface area contributed by atoms with Crippen molar-refractivity contribution in [3.8, 4) is 0 Å². The van der Waals surface area contributed by atoms with E-state index in [1.54, 1.807) is 12.1 Å². The van der Waals surface area contributed by atoms with E-state index in [1.165, 1.54) is 6.07 Å². The number of hydrogen-bond acceptors (Lipinski definition) is 4. The summed E-state index contributed by atoms with van der Waals surface area (Å²) in [5.41, 5.74) is 7.09. The fourth-order valence-electron chi connectivity index (χ4n) is 1.91. The first-order valence-electron chi connectivity index (χ1n) is 5.95. The molecule has 0 spiro atoms. The Labute approximate surface area is 107 Å². The van der Waals surface area contributed by atoms with E-state index < -0.39 is 10.0 Å². The Morgan fingerprint density at radius 2 is 2.22 bits per heavy atom. The van der Waals surface area contributed by atoms with Gasteiger partial charge < -0.3 is 10.5 Å². The predicted octanol–water partition coefficient (Wildman–Crippen LogP) is 1.03. The van der Waals surface area contributed by atoms with Crippen molar-refractivity contribution in [1.29, 1.82) is 0 Å². The lowest BCUT2D eigenvalue weighted by molar-refractivity contribution is 0.0774. The van der Waals surface area contributed by atoms with E-state index in [2.05, 4.69) is 4.72 Å². The molecular formula is C12H18N2O3S. The van der Waals surface area contributed by atoms with E-state index in [1.807, 2.05) is 6.92 Å². The van der Waals surface area contributed by atoms with Gasteiger partial charge in [0.15, 0.2) is 0 Å². The van der Waals surface area contributed by atoms with Crippen molar-refractivity contribution in [2.24, 2.45) is 0 Å². The second-order valence-electron chi connectivity index (χ2n) is 4.55. The van der Waals surface area contributed by atoms with Crippen LogP contribution in [0, 0.1) is 6.92 Å². The number of nitrogens with two attached hydrogens (primary N) is 1. The molecule has 0 aromatic heterocycles. The smallest absolute Gasteiger partial charge is 0.240 e. The molecule has 6 heteroatoms. The van der Waals surface area contributed by atoms with Gasteiger partial charge in [0.05, 0.1) is 11.5 Å². The molecule has 100 valence electrons. The van der Waals surface area contributed by atoms with Crippen molar-refractivity contribution in [1.82, 2.24) is 4.72 Å². The molecule has 0 radical (unpaired) electrons. The number of ether oxygens (including phenoxy) is 1. The lowest BCUT2D eigenvalue weighted by atomic mass is 10.1. The largest absolute Gasteiger partial charge is 0.398 e. The minimum atomic E-state index is -3.51. The second kappa shape index (κ2) is 5.26. The molecule has 1 heterocycles. The molecule has 0 bridgehead atoms. The molecule has 0 amide bonds. The van der Waals surface area contributed by atoms with Crippen LogP contribution < -0.4 is 10.5 Å². The van der Waals surface area contributed by atoms with Crippen LogP contribution in [0.4, 0.5) is 5.69 Å². The van der Waals surface area contributed by atoms with Gasteiger partial charge in [-0.05, 0) is 37.5 Å². The fourth-order valence-corrected chi connectivity index (χ4v) is 3.20. The summed E-state index contributed by atoms with van der Waals surface area (Å²) in [6.07, 6.45) is 1.68. The standard InChI is InChI=1S/C12H18N2O3S/c1-9-4-5-11(7-12(9)13)18(15,16)14-10-3-2-6-17-8-10/h4-5,7,10,14H,2-3,6,8,13H2,1H3. The van der Waals surface area contributed by atoms with Crippen molar-refractivity contribution < 1.29 is 13.2 Å². The molecule has 0 saturated carbocycles. The third-order valence-corrected chi connectivity index (χ3v) is 4.56. The number of hydrogen-bond donors (Lipinski definition) is 2. The first-order valence-corrected chi connectivity index (χ1v) is 7.43. The van der Waals surface area contributed by atoms with Crippen LogP contribution in [0.15, 0.2) is 23.1 Å². The monoisotopic (exact) mass is 270 g/mol. The molecule has 1 fully saturated rings. The molecule has 1 aliphatic heterocycles. The summed E-state index contributed by atoms with van der Waals surface area (Å²) in [5, 5.41) is 0. The summed E-state index contributed by atoms with van der Waals surface area (Å²) in [6, 6.07) is 4.62. The Balaban J connectivity index is 2.16. The highest BCUT2D eigenvalue weighted by atomic mass is 32.2. The van der Waals surface area contributed by atoms with Crippen LogP contribution in [0.25, 0.3) is 0 Å². The Hall–Kier alpha value is -1.11. The van der Waals surface area contributed by atoms with Crippen LogP contribution in [0.2, 0.25) is 0 Å². The average molecular weight is 270 g/mol. The highest BCUT2D eigenvalue weighted by Crippen LogP contribution is 2.18. The van der Waals surface area contributed by atoms with E-state index in [0.717, 1.165) is 18.4 Å². The SMILES string of the molecule is Cc1ccc(S(=O)(=O)NC2CCCOC2)cc1N. The van der Waals surface area contributed by atoms with Crippen LogP contribution >= 0.6 is 0 Å². The van der Waals surface area contributed by atoms with Crippen molar-refractivity contribution in [2.45, 2.75) is 30.7 Å². The number of sulfonamides is 1. The normalized spacial score (nSPS) is 20.8. The van der Waals surface area contributed by atoms with Gasteiger partial charge in [0, 0.05) is 18.3 Å². The van der Waals surface area contributed by atoms with Gasteiger partial charge in [0.2, 0.25) is 10.0 Å². The number of nitrogen functional groups attached to an aromatic ring is 1. The quantitative estimate of drug-likeness (QED) is 0.804. The molecule has 18 heavy (non-hydrogen) atoms. The van der Waals surface area contributed by atoms with Crippen LogP contribution in [-0.2, 0) is 14.8 Å². The van der Waals surface area contributed by atoms with Crippen LogP contribution in [0.5, 0.6) is 0 Å². The topological polar surface area (TPSA) is 81.4 Å².